The average Bonchev–Trinajstić information content (AvgIpc) is 2.70. The Morgan fingerprint density at radius 3 is 2.57 bits per heavy atom. The SMILES string of the molecule is Cc1nc(N)c(C)c(Nc2ccc3c(c2)C(=O)NC3=O)n1. The summed E-state index contributed by atoms with van der Waals surface area (Å²) in [5, 5.41) is 5.35. The van der Waals surface area contributed by atoms with Gasteiger partial charge in [0.1, 0.15) is 17.5 Å². The third-order valence-electron chi connectivity index (χ3n) is 3.29. The van der Waals surface area contributed by atoms with Crippen LogP contribution in [0.15, 0.2) is 18.2 Å². The molecule has 1 aromatic heterocycles. The number of hydrogen-bond acceptors (Lipinski definition) is 6. The lowest BCUT2D eigenvalue weighted by molar-refractivity contribution is 0.0879. The van der Waals surface area contributed by atoms with E-state index in [0.29, 0.717) is 34.3 Å². The van der Waals surface area contributed by atoms with E-state index in [1.807, 2.05) is 0 Å². The van der Waals surface area contributed by atoms with Gasteiger partial charge < -0.3 is 11.1 Å². The number of fused-ring (bicyclic) bond motifs is 1. The summed E-state index contributed by atoms with van der Waals surface area (Å²) in [7, 11) is 0. The highest BCUT2D eigenvalue weighted by atomic mass is 16.2. The molecule has 3 rings (SSSR count). The Bertz CT molecular complexity index is 785. The largest absolute Gasteiger partial charge is 0.383 e. The molecule has 1 aliphatic rings. The van der Waals surface area contributed by atoms with Gasteiger partial charge in [-0.2, -0.15) is 0 Å². The molecule has 106 valence electrons. The van der Waals surface area contributed by atoms with Crippen LogP contribution in [-0.2, 0) is 0 Å². The van der Waals surface area contributed by atoms with E-state index in [2.05, 4.69) is 20.6 Å². The topological polar surface area (TPSA) is 110 Å². The Kier molecular flexibility index (Phi) is 2.83. The molecular formula is C14H13N5O2. The summed E-state index contributed by atoms with van der Waals surface area (Å²) in [6.07, 6.45) is 0. The first kappa shape index (κ1) is 13.0. The molecule has 0 spiro atoms. The van der Waals surface area contributed by atoms with Crippen LogP contribution in [0, 0.1) is 13.8 Å². The van der Waals surface area contributed by atoms with E-state index in [1.54, 1.807) is 32.0 Å². The second-order valence-electron chi connectivity index (χ2n) is 4.80. The fraction of sp³-hybridized carbons (Fsp3) is 0.143. The Labute approximate surface area is 120 Å². The van der Waals surface area contributed by atoms with Crippen molar-refractivity contribution < 1.29 is 9.59 Å². The number of nitrogen functional groups attached to an aromatic ring is 1. The number of nitrogens with two attached hydrogens (primary N) is 1. The Morgan fingerprint density at radius 1 is 1.10 bits per heavy atom. The van der Waals surface area contributed by atoms with Gasteiger partial charge in [0.05, 0.1) is 11.1 Å². The molecule has 1 aliphatic heterocycles. The fourth-order valence-corrected chi connectivity index (χ4v) is 2.15. The highest BCUT2D eigenvalue weighted by Crippen LogP contribution is 2.25. The first-order valence-electron chi connectivity index (χ1n) is 6.33. The molecule has 0 aliphatic carbocycles. The Morgan fingerprint density at radius 2 is 1.81 bits per heavy atom. The van der Waals surface area contributed by atoms with E-state index in [4.69, 9.17) is 5.73 Å². The smallest absolute Gasteiger partial charge is 0.259 e. The van der Waals surface area contributed by atoms with Gasteiger partial charge in [-0.3, -0.25) is 14.9 Å². The second-order valence-corrected chi connectivity index (χ2v) is 4.80. The zero-order valence-corrected chi connectivity index (χ0v) is 11.5. The number of nitrogens with one attached hydrogen (secondary N) is 2. The van der Waals surface area contributed by atoms with Crippen LogP contribution < -0.4 is 16.4 Å². The first-order chi connectivity index (χ1) is 9.95. The molecule has 21 heavy (non-hydrogen) atoms. The molecule has 2 aromatic rings. The van der Waals surface area contributed by atoms with E-state index < -0.39 is 5.91 Å². The number of aryl methyl sites for hydroxylation is 1. The van der Waals surface area contributed by atoms with Crippen LogP contribution in [0.5, 0.6) is 0 Å². The van der Waals surface area contributed by atoms with Crippen molar-refractivity contribution in [1.82, 2.24) is 15.3 Å². The summed E-state index contributed by atoms with van der Waals surface area (Å²) < 4.78 is 0. The molecule has 0 bridgehead atoms. The molecule has 0 saturated carbocycles. The van der Waals surface area contributed by atoms with Gasteiger partial charge in [0.15, 0.2) is 0 Å². The molecule has 0 unspecified atom stereocenters. The van der Waals surface area contributed by atoms with Gasteiger partial charge in [-0.1, -0.05) is 0 Å². The number of aromatic nitrogens is 2. The maximum absolute atomic E-state index is 11.7. The summed E-state index contributed by atoms with van der Waals surface area (Å²) in [6, 6.07) is 4.93. The molecule has 2 amide bonds. The first-order valence-corrected chi connectivity index (χ1v) is 6.33. The lowest BCUT2D eigenvalue weighted by Gasteiger charge is -2.11. The maximum Gasteiger partial charge on any atom is 0.259 e. The molecular weight excluding hydrogens is 270 g/mol. The summed E-state index contributed by atoms with van der Waals surface area (Å²) in [5.74, 6) is 0.757. The van der Waals surface area contributed by atoms with Crippen LogP contribution in [-0.4, -0.2) is 21.8 Å². The van der Waals surface area contributed by atoms with Crippen molar-refractivity contribution in [2.24, 2.45) is 0 Å². The maximum atomic E-state index is 11.7. The van der Waals surface area contributed by atoms with Crippen LogP contribution in [0.2, 0.25) is 0 Å². The predicted molar refractivity (Wildman–Crippen MR) is 77.4 cm³/mol. The van der Waals surface area contributed by atoms with E-state index in [0.717, 1.165) is 5.56 Å². The zero-order valence-electron chi connectivity index (χ0n) is 11.5. The number of benzene rings is 1. The summed E-state index contributed by atoms with van der Waals surface area (Å²) in [6.45, 7) is 3.55. The van der Waals surface area contributed by atoms with Crippen LogP contribution in [0.25, 0.3) is 0 Å². The third kappa shape index (κ3) is 2.18. The van der Waals surface area contributed by atoms with Crippen molar-refractivity contribution in [2.75, 3.05) is 11.1 Å². The number of carbonyl (C=O) groups excluding carboxylic acids is 2. The van der Waals surface area contributed by atoms with E-state index in [1.165, 1.54) is 0 Å². The zero-order chi connectivity index (χ0) is 15.1. The Balaban J connectivity index is 1.99. The average molecular weight is 283 g/mol. The minimum absolute atomic E-state index is 0.349. The summed E-state index contributed by atoms with van der Waals surface area (Å²) in [5.41, 5.74) is 7.91. The van der Waals surface area contributed by atoms with Crippen LogP contribution >= 0.6 is 0 Å². The van der Waals surface area contributed by atoms with Crippen LogP contribution in [0.1, 0.15) is 32.1 Å². The number of anilines is 3. The van der Waals surface area contributed by atoms with Gasteiger partial charge >= 0.3 is 0 Å². The minimum Gasteiger partial charge on any atom is -0.383 e. The summed E-state index contributed by atoms with van der Waals surface area (Å²) in [4.78, 5) is 31.5. The third-order valence-corrected chi connectivity index (χ3v) is 3.29. The minimum atomic E-state index is -0.395. The number of amides is 2. The van der Waals surface area contributed by atoms with Gasteiger partial charge in [-0.15, -0.1) is 0 Å². The van der Waals surface area contributed by atoms with Crippen molar-refractivity contribution in [3.63, 3.8) is 0 Å². The molecule has 4 N–H and O–H groups in total. The van der Waals surface area contributed by atoms with Crippen molar-refractivity contribution in [3.8, 4) is 0 Å². The van der Waals surface area contributed by atoms with Gasteiger partial charge in [0, 0.05) is 11.3 Å². The fourth-order valence-electron chi connectivity index (χ4n) is 2.15. The standard InChI is InChI=1S/C14H13N5O2/c1-6-11(15)16-7(2)17-12(6)18-8-3-4-9-10(5-8)14(21)19-13(9)20/h3-5H,1-2H3,(H,19,20,21)(H3,15,16,17,18). The van der Waals surface area contributed by atoms with Crippen molar-refractivity contribution >= 4 is 29.1 Å². The molecule has 7 heteroatoms. The molecule has 0 fully saturated rings. The highest BCUT2D eigenvalue weighted by Gasteiger charge is 2.26. The lowest BCUT2D eigenvalue weighted by atomic mass is 10.1. The number of carbonyl (C=O) groups is 2. The van der Waals surface area contributed by atoms with Gasteiger partial charge in [-0.05, 0) is 32.0 Å². The van der Waals surface area contributed by atoms with Gasteiger partial charge in [0.25, 0.3) is 11.8 Å². The van der Waals surface area contributed by atoms with Crippen LogP contribution in [0.4, 0.5) is 17.3 Å². The Hall–Kier alpha value is -2.96. The highest BCUT2D eigenvalue weighted by molar-refractivity contribution is 6.21. The lowest BCUT2D eigenvalue weighted by Crippen LogP contribution is -2.19. The van der Waals surface area contributed by atoms with Crippen molar-refractivity contribution in [3.05, 3.63) is 40.7 Å². The molecule has 0 radical (unpaired) electrons. The monoisotopic (exact) mass is 283 g/mol. The molecule has 1 aromatic carbocycles. The normalized spacial score (nSPS) is 13.0. The van der Waals surface area contributed by atoms with Crippen molar-refractivity contribution in [2.45, 2.75) is 13.8 Å². The van der Waals surface area contributed by atoms with E-state index >= 15 is 0 Å². The molecule has 0 saturated heterocycles. The van der Waals surface area contributed by atoms with Crippen LogP contribution in [0.3, 0.4) is 0 Å². The molecule has 0 atom stereocenters. The van der Waals surface area contributed by atoms with E-state index in [-0.39, 0.29) is 5.91 Å². The predicted octanol–water partition coefficient (Wildman–Crippen LogP) is 1.30. The quantitative estimate of drug-likeness (QED) is 0.717. The molecule has 7 nitrogen and oxygen atoms in total. The summed E-state index contributed by atoms with van der Waals surface area (Å²) >= 11 is 0. The van der Waals surface area contributed by atoms with Crippen molar-refractivity contribution in [1.29, 1.82) is 0 Å². The second kappa shape index (κ2) is 4.55. The van der Waals surface area contributed by atoms with Gasteiger partial charge in [0.2, 0.25) is 0 Å². The number of imide groups is 1. The van der Waals surface area contributed by atoms with E-state index in [9.17, 15) is 9.59 Å². The number of nitrogens with zero attached hydrogens (tertiary/aromatic N) is 2. The molecule has 2 heterocycles. The van der Waals surface area contributed by atoms with Gasteiger partial charge in [-0.25, -0.2) is 9.97 Å². The number of rotatable bonds is 2. The number of hydrogen-bond donors (Lipinski definition) is 3.